The predicted molar refractivity (Wildman–Crippen MR) is 133 cm³/mol. The van der Waals surface area contributed by atoms with Crippen molar-refractivity contribution in [2.75, 3.05) is 16.8 Å². The first kappa shape index (κ1) is 22.6. The number of benzene rings is 3. The van der Waals surface area contributed by atoms with Crippen LogP contribution in [0, 0.1) is 13.8 Å². The highest BCUT2D eigenvalue weighted by molar-refractivity contribution is 6.46. The van der Waals surface area contributed by atoms with Crippen molar-refractivity contribution in [3.05, 3.63) is 94.1 Å². The molecule has 1 aliphatic heterocycles. The minimum Gasteiger partial charge on any atom is -0.494 e. The van der Waals surface area contributed by atoms with Crippen molar-refractivity contribution in [1.82, 2.24) is 0 Å². The molecule has 1 heterocycles. The Hall–Kier alpha value is -3.57. The van der Waals surface area contributed by atoms with Gasteiger partial charge in [0, 0.05) is 16.8 Å². The number of hydrogen-bond acceptors (Lipinski definition) is 4. The molecule has 0 saturated carbocycles. The van der Waals surface area contributed by atoms with E-state index in [1.54, 1.807) is 24.3 Å². The molecule has 33 heavy (non-hydrogen) atoms. The van der Waals surface area contributed by atoms with Crippen molar-refractivity contribution in [2.45, 2.75) is 27.2 Å². The molecule has 4 rings (SSSR count). The molecule has 0 atom stereocenters. The van der Waals surface area contributed by atoms with Gasteiger partial charge in [-0.25, -0.2) is 4.90 Å². The maximum atomic E-state index is 13.6. The number of nitrogens with one attached hydrogen (secondary N) is 1. The van der Waals surface area contributed by atoms with Gasteiger partial charge in [0.2, 0.25) is 0 Å². The van der Waals surface area contributed by atoms with E-state index < -0.39 is 11.8 Å². The van der Waals surface area contributed by atoms with Crippen LogP contribution in [0.4, 0.5) is 11.4 Å². The van der Waals surface area contributed by atoms with Crippen LogP contribution in [0.2, 0.25) is 5.02 Å². The van der Waals surface area contributed by atoms with Crippen LogP contribution in [0.15, 0.2) is 72.4 Å². The van der Waals surface area contributed by atoms with Crippen molar-refractivity contribution < 1.29 is 14.3 Å². The lowest BCUT2D eigenvalue weighted by molar-refractivity contribution is -0.120. The number of carbonyl (C=O) groups excluding carboxylic acids is 2. The fourth-order valence-corrected chi connectivity index (χ4v) is 4.05. The van der Waals surface area contributed by atoms with Crippen molar-refractivity contribution >= 4 is 40.4 Å². The molecule has 168 valence electrons. The van der Waals surface area contributed by atoms with Gasteiger partial charge >= 0.3 is 0 Å². The Bertz CT molecular complexity index is 1270. The zero-order chi connectivity index (χ0) is 23.5. The highest BCUT2D eigenvalue weighted by atomic mass is 35.5. The number of aryl methyl sites for hydroxylation is 2. The van der Waals surface area contributed by atoms with Crippen LogP contribution in [0.5, 0.6) is 5.75 Å². The zero-order valence-electron chi connectivity index (χ0n) is 18.8. The summed E-state index contributed by atoms with van der Waals surface area (Å²) in [5, 5.41) is 3.64. The Labute approximate surface area is 198 Å². The first-order chi connectivity index (χ1) is 15.9. The summed E-state index contributed by atoms with van der Waals surface area (Å²) in [5.74, 6) is -0.133. The van der Waals surface area contributed by atoms with E-state index >= 15 is 0 Å². The topological polar surface area (TPSA) is 58.6 Å². The van der Waals surface area contributed by atoms with E-state index in [0.717, 1.165) is 17.5 Å². The molecule has 0 bridgehead atoms. The van der Waals surface area contributed by atoms with Gasteiger partial charge in [-0.15, -0.1) is 0 Å². The summed E-state index contributed by atoms with van der Waals surface area (Å²) in [6.07, 6.45) is 0.890. The van der Waals surface area contributed by atoms with Gasteiger partial charge in [0.25, 0.3) is 11.8 Å². The Morgan fingerprint density at radius 3 is 2.45 bits per heavy atom. The SMILES string of the molecule is CCCOc1cccc(NC2=C(c3ccc(C)cc3C)C(=O)N(c3cccc(Cl)c3)C2=O)c1. The van der Waals surface area contributed by atoms with Crippen molar-refractivity contribution in [3.63, 3.8) is 0 Å². The largest absolute Gasteiger partial charge is 0.494 e. The third kappa shape index (κ3) is 4.64. The first-order valence-electron chi connectivity index (χ1n) is 10.8. The number of amides is 2. The molecule has 2 amide bonds. The average molecular weight is 461 g/mol. The molecule has 3 aromatic carbocycles. The van der Waals surface area contributed by atoms with E-state index in [1.165, 1.54) is 4.90 Å². The standard InChI is InChI=1S/C27H25ClN2O3/c1-4-13-33-22-10-6-8-20(16-22)29-25-24(23-12-11-17(2)14-18(23)3)26(31)30(27(25)32)21-9-5-7-19(28)15-21/h5-12,14-16,29H,4,13H2,1-3H3. The first-order valence-corrected chi connectivity index (χ1v) is 11.2. The molecule has 0 aromatic heterocycles. The van der Waals surface area contributed by atoms with E-state index in [9.17, 15) is 9.59 Å². The Morgan fingerprint density at radius 2 is 1.73 bits per heavy atom. The number of hydrogen-bond donors (Lipinski definition) is 1. The summed E-state index contributed by atoms with van der Waals surface area (Å²) in [6.45, 7) is 6.56. The fourth-order valence-electron chi connectivity index (χ4n) is 3.87. The molecular weight excluding hydrogens is 436 g/mol. The van der Waals surface area contributed by atoms with Crippen LogP contribution in [-0.4, -0.2) is 18.4 Å². The molecule has 0 spiro atoms. The molecule has 0 radical (unpaired) electrons. The molecule has 1 aliphatic rings. The third-order valence-electron chi connectivity index (χ3n) is 5.38. The predicted octanol–water partition coefficient (Wildman–Crippen LogP) is 6.14. The van der Waals surface area contributed by atoms with Crippen LogP contribution < -0.4 is 15.0 Å². The number of halogens is 1. The van der Waals surface area contributed by atoms with Gasteiger partial charge in [-0.3, -0.25) is 9.59 Å². The number of imide groups is 1. The van der Waals surface area contributed by atoms with Crippen LogP contribution >= 0.6 is 11.6 Å². The van der Waals surface area contributed by atoms with Crippen LogP contribution in [0.3, 0.4) is 0 Å². The average Bonchev–Trinajstić information content (AvgIpc) is 3.02. The molecule has 1 N–H and O–H groups in total. The monoisotopic (exact) mass is 460 g/mol. The lowest BCUT2D eigenvalue weighted by Gasteiger charge is -2.16. The Balaban J connectivity index is 1.80. The normalized spacial score (nSPS) is 13.6. The molecule has 6 heteroatoms. The second-order valence-electron chi connectivity index (χ2n) is 8.00. The van der Waals surface area contributed by atoms with E-state index in [4.69, 9.17) is 16.3 Å². The van der Waals surface area contributed by atoms with Gasteiger partial charge < -0.3 is 10.1 Å². The van der Waals surface area contributed by atoms with Crippen LogP contribution in [0.1, 0.15) is 30.0 Å². The molecule has 0 aliphatic carbocycles. The van der Waals surface area contributed by atoms with Crippen molar-refractivity contribution in [1.29, 1.82) is 0 Å². The molecule has 0 fully saturated rings. The lowest BCUT2D eigenvalue weighted by Crippen LogP contribution is -2.32. The summed E-state index contributed by atoms with van der Waals surface area (Å²) < 4.78 is 5.72. The smallest absolute Gasteiger partial charge is 0.282 e. The van der Waals surface area contributed by atoms with Crippen molar-refractivity contribution in [3.8, 4) is 5.75 Å². The molecule has 0 unspecified atom stereocenters. The van der Waals surface area contributed by atoms with Gasteiger partial charge in [0.15, 0.2) is 0 Å². The van der Waals surface area contributed by atoms with Crippen LogP contribution in [-0.2, 0) is 9.59 Å². The molecule has 5 nitrogen and oxygen atoms in total. The number of rotatable bonds is 7. The highest BCUT2D eigenvalue weighted by Crippen LogP contribution is 2.36. The zero-order valence-corrected chi connectivity index (χ0v) is 19.6. The maximum absolute atomic E-state index is 13.6. The highest BCUT2D eigenvalue weighted by Gasteiger charge is 2.40. The van der Waals surface area contributed by atoms with Gasteiger partial charge in [0.1, 0.15) is 11.4 Å². The van der Waals surface area contributed by atoms with E-state index in [1.807, 2.05) is 63.2 Å². The molecular formula is C27H25ClN2O3. The van der Waals surface area contributed by atoms with Gasteiger partial charge in [-0.1, -0.05) is 54.4 Å². The second kappa shape index (κ2) is 9.51. The maximum Gasteiger partial charge on any atom is 0.282 e. The Morgan fingerprint density at radius 1 is 0.939 bits per heavy atom. The van der Waals surface area contributed by atoms with Crippen molar-refractivity contribution in [2.24, 2.45) is 0 Å². The van der Waals surface area contributed by atoms with Gasteiger partial charge in [-0.2, -0.15) is 0 Å². The summed E-state index contributed by atoms with van der Waals surface area (Å²) in [7, 11) is 0. The molecule has 0 saturated heterocycles. The minimum absolute atomic E-state index is 0.222. The van der Waals surface area contributed by atoms with Crippen LogP contribution in [0.25, 0.3) is 5.57 Å². The molecule has 3 aromatic rings. The van der Waals surface area contributed by atoms with Gasteiger partial charge in [-0.05, 0) is 61.7 Å². The number of ether oxygens (including phenoxy) is 1. The van der Waals surface area contributed by atoms with Gasteiger partial charge in [0.05, 0.1) is 17.9 Å². The Kier molecular flexibility index (Phi) is 6.52. The summed E-state index contributed by atoms with van der Waals surface area (Å²) in [6, 6.07) is 19.9. The minimum atomic E-state index is -0.433. The van der Waals surface area contributed by atoms with E-state index in [2.05, 4.69) is 5.32 Å². The summed E-state index contributed by atoms with van der Waals surface area (Å²) in [5.41, 5.74) is 4.35. The third-order valence-corrected chi connectivity index (χ3v) is 5.61. The number of nitrogens with zero attached hydrogens (tertiary/aromatic N) is 1. The van der Waals surface area contributed by atoms with E-state index in [-0.39, 0.29) is 5.70 Å². The van der Waals surface area contributed by atoms with E-state index in [0.29, 0.717) is 39.9 Å². The quantitative estimate of drug-likeness (QED) is 0.430. The second-order valence-corrected chi connectivity index (χ2v) is 8.43. The summed E-state index contributed by atoms with van der Waals surface area (Å²) >= 11 is 6.15. The number of carbonyl (C=O) groups is 2. The fraction of sp³-hybridized carbons (Fsp3) is 0.185. The summed E-state index contributed by atoms with van der Waals surface area (Å²) in [4.78, 5) is 28.3. The number of anilines is 2. The lowest BCUT2D eigenvalue weighted by atomic mass is 9.97.